The van der Waals surface area contributed by atoms with Crippen molar-refractivity contribution >= 4 is 0 Å². The quantitative estimate of drug-likeness (QED) is 0.0284. The van der Waals surface area contributed by atoms with Crippen molar-refractivity contribution in [2.45, 2.75) is 196 Å². The lowest BCUT2D eigenvalue weighted by Crippen LogP contribution is -2.06. The molecule has 0 unspecified atom stereocenters. The second kappa shape index (κ2) is 35.0. The summed E-state index contributed by atoms with van der Waals surface area (Å²) in [7, 11) is 0. The molecule has 8 heteroatoms. The van der Waals surface area contributed by atoms with Crippen LogP contribution < -0.4 is 28.4 Å². The molecule has 0 saturated heterocycles. The van der Waals surface area contributed by atoms with Gasteiger partial charge >= 0.3 is 0 Å². The van der Waals surface area contributed by atoms with Crippen molar-refractivity contribution in [2.75, 3.05) is 39.6 Å². The van der Waals surface area contributed by atoms with Gasteiger partial charge in [0.25, 0.3) is 0 Å². The van der Waals surface area contributed by atoms with Gasteiger partial charge in [-0.1, -0.05) is 193 Å². The molecule has 0 radical (unpaired) electrons. The van der Waals surface area contributed by atoms with E-state index in [9.17, 15) is 0 Å². The summed E-state index contributed by atoms with van der Waals surface area (Å²) >= 11 is 0. The van der Waals surface area contributed by atoms with E-state index in [4.69, 9.17) is 38.4 Å². The zero-order valence-corrected chi connectivity index (χ0v) is 45.6. The highest BCUT2D eigenvalue weighted by atomic mass is 16.5. The smallest absolute Gasteiger partial charge is 0.203 e. The number of ether oxygens (including phenoxy) is 6. The third-order valence-corrected chi connectivity index (χ3v) is 13.1. The maximum absolute atomic E-state index is 6.52. The van der Waals surface area contributed by atoms with E-state index in [1.807, 2.05) is 12.4 Å². The van der Waals surface area contributed by atoms with Crippen LogP contribution in [-0.4, -0.2) is 49.6 Å². The number of aromatic nitrogens is 2. The molecule has 72 heavy (non-hydrogen) atoms. The van der Waals surface area contributed by atoms with Crippen LogP contribution in [0.25, 0.3) is 44.8 Å². The standard InChI is InChI=1S/C64H91N2O6/c1-7-13-19-25-38-67-59-45-55(46-60(68-39-26-20-14-8-2)63(59)71-42-29-23-17-11-5)53-34-36-57(65-49-53)51-32-31-33-52(44-51)58-37-35-54(50-66-58)56-47-61(69-40-27-21-15-9-3)64(72-43-30-24-18-12-6)62(48-56)70-41-28-22-16-10-4/h31-37,45-50H,7-30,38-43H2,1-6H3/q-1. The van der Waals surface area contributed by atoms with Crippen LogP contribution in [-0.2, 0) is 0 Å². The van der Waals surface area contributed by atoms with Crippen molar-refractivity contribution in [1.29, 1.82) is 0 Å². The van der Waals surface area contributed by atoms with Crippen molar-refractivity contribution in [3.8, 4) is 79.3 Å². The lowest BCUT2D eigenvalue weighted by Gasteiger charge is -2.19. The maximum Gasteiger partial charge on any atom is 0.203 e. The Morgan fingerprint density at radius 3 is 0.875 bits per heavy atom. The molecule has 5 rings (SSSR count). The average molecular weight is 984 g/mol. The monoisotopic (exact) mass is 984 g/mol. The molecule has 0 saturated carbocycles. The van der Waals surface area contributed by atoms with Crippen molar-refractivity contribution < 1.29 is 28.4 Å². The van der Waals surface area contributed by atoms with Gasteiger partial charge in [-0.3, -0.25) is 9.97 Å². The summed E-state index contributed by atoms with van der Waals surface area (Å²) in [5, 5.41) is 0. The van der Waals surface area contributed by atoms with Crippen LogP contribution in [0, 0.1) is 6.07 Å². The van der Waals surface area contributed by atoms with E-state index in [0.717, 1.165) is 145 Å². The Morgan fingerprint density at radius 2 is 0.611 bits per heavy atom. The second-order valence-electron chi connectivity index (χ2n) is 19.4. The van der Waals surface area contributed by atoms with E-state index >= 15 is 0 Å². The summed E-state index contributed by atoms with van der Waals surface area (Å²) in [6.07, 6.45) is 31.1. The van der Waals surface area contributed by atoms with E-state index < -0.39 is 0 Å². The van der Waals surface area contributed by atoms with Crippen LogP contribution >= 0.6 is 0 Å². The molecule has 394 valence electrons. The molecule has 0 aliphatic carbocycles. The predicted molar refractivity (Wildman–Crippen MR) is 300 cm³/mol. The first-order chi connectivity index (χ1) is 35.5. The summed E-state index contributed by atoms with van der Waals surface area (Å²) in [4.78, 5) is 9.99. The Labute approximate surface area is 436 Å². The number of hydrogen-bond acceptors (Lipinski definition) is 8. The molecule has 3 aromatic carbocycles. The highest BCUT2D eigenvalue weighted by molar-refractivity contribution is 5.75. The minimum Gasteiger partial charge on any atom is -0.490 e. The van der Waals surface area contributed by atoms with E-state index in [-0.39, 0.29) is 0 Å². The van der Waals surface area contributed by atoms with E-state index in [1.54, 1.807) is 0 Å². The van der Waals surface area contributed by atoms with Gasteiger partial charge in [-0.15, -0.1) is 24.3 Å². The SMILES string of the molecule is CCCCCCOc1cc(-c2ccc(-c3[c-]c(-c4ccc(-c5cc(OCCCCCC)c(OCCCCCC)c(OCCCCCC)c5)cn4)ccc3)nc2)cc(OCCCCCC)c1OCCCCCC. The minimum absolute atomic E-state index is 0.636. The molecule has 0 fully saturated rings. The first kappa shape index (κ1) is 57.7. The summed E-state index contributed by atoms with van der Waals surface area (Å²) in [5.74, 6) is 4.39. The van der Waals surface area contributed by atoms with Crippen molar-refractivity contribution in [1.82, 2.24) is 9.97 Å². The molecule has 0 aliphatic heterocycles. The molecule has 2 heterocycles. The molecule has 0 aliphatic rings. The highest BCUT2D eigenvalue weighted by Crippen LogP contribution is 2.44. The summed E-state index contributed by atoms with van der Waals surface area (Å²) in [5.41, 5.74) is 7.41. The van der Waals surface area contributed by atoms with Crippen LogP contribution in [0.15, 0.2) is 79.1 Å². The Balaban J connectivity index is 1.39. The van der Waals surface area contributed by atoms with Crippen molar-refractivity contribution in [2.24, 2.45) is 0 Å². The van der Waals surface area contributed by atoms with Gasteiger partial charge in [0.1, 0.15) is 0 Å². The second-order valence-corrected chi connectivity index (χ2v) is 19.4. The summed E-state index contributed by atoms with van der Waals surface area (Å²) in [6.45, 7) is 17.2. The maximum atomic E-state index is 6.52. The lowest BCUT2D eigenvalue weighted by molar-refractivity contribution is 0.234. The molecular formula is C64H91N2O6-. The largest absolute Gasteiger partial charge is 0.490 e. The molecule has 0 bridgehead atoms. The lowest BCUT2D eigenvalue weighted by atomic mass is 10.0. The first-order valence-electron chi connectivity index (χ1n) is 28.6. The summed E-state index contributed by atoms with van der Waals surface area (Å²) in [6, 6.07) is 26.6. The molecule has 8 nitrogen and oxygen atoms in total. The topological polar surface area (TPSA) is 81.2 Å². The highest BCUT2D eigenvalue weighted by Gasteiger charge is 2.19. The number of nitrogens with zero attached hydrogens (tertiary/aromatic N) is 2. The van der Waals surface area contributed by atoms with Crippen molar-refractivity contribution in [3.05, 3.63) is 85.2 Å². The molecule has 0 spiro atoms. The van der Waals surface area contributed by atoms with Gasteiger partial charge in [0.2, 0.25) is 11.5 Å². The first-order valence-corrected chi connectivity index (χ1v) is 28.6. The van der Waals surface area contributed by atoms with Crippen LogP contribution in [0.5, 0.6) is 34.5 Å². The van der Waals surface area contributed by atoms with Gasteiger partial charge in [0.05, 0.1) is 39.6 Å². The van der Waals surface area contributed by atoms with Crippen LogP contribution in [0.3, 0.4) is 0 Å². The van der Waals surface area contributed by atoms with E-state index in [0.29, 0.717) is 51.1 Å². The fraction of sp³-hybridized carbons (Fsp3) is 0.562. The van der Waals surface area contributed by atoms with Crippen LogP contribution in [0.2, 0.25) is 0 Å². The van der Waals surface area contributed by atoms with Crippen molar-refractivity contribution in [3.63, 3.8) is 0 Å². The normalized spacial score (nSPS) is 11.2. The van der Waals surface area contributed by atoms with E-state index in [1.165, 1.54) is 77.0 Å². The Morgan fingerprint density at radius 1 is 0.319 bits per heavy atom. The van der Waals surface area contributed by atoms with Gasteiger partial charge in [-0.25, -0.2) is 0 Å². The third kappa shape index (κ3) is 20.0. The van der Waals surface area contributed by atoms with Gasteiger partial charge < -0.3 is 28.4 Å². The number of pyridine rings is 2. The average Bonchev–Trinajstić information content (AvgIpc) is 3.41. The Bertz CT molecular complexity index is 1980. The molecule has 2 aromatic heterocycles. The molecule has 0 amide bonds. The fourth-order valence-corrected chi connectivity index (χ4v) is 8.67. The van der Waals surface area contributed by atoms with Gasteiger partial charge in [-0.05, 0) is 85.0 Å². The van der Waals surface area contributed by atoms with Gasteiger partial charge in [0, 0.05) is 23.8 Å². The van der Waals surface area contributed by atoms with Gasteiger partial charge in [0.15, 0.2) is 23.0 Å². The number of unbranched alkanes of at least 4 members (excludes halogenated alkanes) is 18. The Kier molecular flexibility index (Phi) is 28.0. The molecule has 0 N–H and O–H groups in total. The zero-order valence-electron chi connectivity index (χ0n) is 45.6. The zero-order chi connectivity index (χ0) is 50.9. The number of benzene rings is 3. The fourth-order valence-electron chi connectivity index (χ4n) is 8.67. The summed E-state index contributed by atoms with van der Waals surface area (Å²) < 4.78 is 39.1. The van der Waals surface area contributed by atoms with Crippen LogP contribution in [0.1, 0.15) is 196 Å². The number of rotatable bonds is 40. The molecule has 0 atom stereocenters. The molecular weight excluding hydrogens is 893 g/mol. The predicted octanol–water partition coefficient (Wildman–Crippen LogP) is 18.7. The molecule has 5 aromatic rings. The number of hydrogen-bond donors (Lipinski definition) is 0. The van der Waals surface area contributed by atoms with Crippen LogP contribution in [0.4, 0.5) is 0 Å². The Hall–Kier alpha value is -5.24. The van der Waals surface area contributed by atoms with Gasteiger partial charge in [-0.2, -0.15) is 0 Å². The third-order valence-electron chi connectivity index (χ3n) is 13.1. The van der Waals surface area contributed by atoms with E-state index in [2.05, 4.69) is 114 Å². The minimum atomic E-state index is 0.636.